The largest absolute Gasteiger partial charge is 0.380 e. The average Bonchev–Trinajstić information content (AvgIpc) is 2.29. The third kappa shape index (κ3) is 2.78. The van der Waals surface area contributed by atoms with Crippen molar-refractivity contribution in [3.05, 3.63) is 30.1 Å². The van der Waals surface area contributed by atoms with Gasteiger partial charge in [-0.25, -0.2) is 0 Å². The van der Waals surface area contributed by atoms with Crippen LogP contribution in [0.1, 0.15) is 5.56 Å². The Morgan fingerprint density at radius 3 is 2.69 bits per heavy atom. The van der Waals surface area contributed by atoms with E-state index in [2.05, 4.69) is 10.3 Å². The number of pyridine rings is 1. The quantitative estimate of drug-likeness (QED) is 0.673. The van der Waals surface area contributed by atoms with Crippen molar-refractivity contribution < 1.29 is 4.74 Å². The smallest absolute Gasteiger partial charge is 0.0569 e. The third-order valence-electron chi connectivity index (χ3n) is 3.09. The fourth-order valence-electron chi connectivity index (χ4n) is 1.82. The summed E-state index contributed by atoms with van der Waals surface area (Å²) in [6.45, 7) is 4.23. The van der Waals surface area contributed by atoms with Crippen LogP contribution in [-0.2, 0) is 11.2 Å². The molecule has 4 heteroatoms. The van der Waals surface area contributed by atoms with Crippen molar-refractivity contribution in [2.75, 3.05) is 32.8 Å². The molecule has 1 aromatic heterocycles. The van der Waals surface area contributed by atoms with E-state index >= 15 is 0 Å². The summed E-state index contributed by atoms with van der Waals surface area (Å²) in [5.41, 5.74) is 7.24. The van der Waals surface area contributed by atoms with Crippen LogP contribution in [0.25, 0.3) is 0 Å². The van der Waals surface area contributed by atoms with Crippen LogP contribution in [0, 0.1) is 5.41 Å². The van der Waals surface area contributed by atoms with E-state index in [9.17, 15) is 0 Å². The topological polar surface area (TPSA) is 60.2 Å². The second-order valence-electron chi connectivity index (χ2n) is 4.48. The lowest BCUT2D eigenvalue weighted by molar-refractivity contribution is -0.104. The first-order valence-corrected chi connectivity index (χ1v) is 5.72. The Morgan fingerprint density at radius 2 is 2.12 bits per heavy atom. The van der Waals surface area contributed by atoms with Gasteiger partial charge in [-0.05, 0) is 30.7 Å². The lowest BCUT2D eigenvalue weighted by Crippen LogP contribution is -2.54. The molecule has 0 aromatic carbocycles. The molecule has 0 bridgehead atoms. The van der Waals surface area contributed by atoms with E-state index in [0.717, 1.165) is 32.7 Å². The maximum Gasteiger partial charge on any atom is 0.0569 e. The first-order valence-electron chi connectivity index (χ1n) is 5.72. The lowest BCUT2D eigenvalue weighted by Gasteiger charge is -2.40. The summed E-state index contributed by atoms with van der Waals surface area (Å²) in [7, 11) is 0. The van der Waals surface area contributed by atoms with Gasteiger partial charge >= 0.3 is 0 Å². The van der Waals surface area contributed by atoms with Gasteiger partial charge in [-0.15, -0.1) is 0 Å². The minimum absolute atomic E-state index is 0.193. The summed E-state index contributed by atoms with van der Waals surface area (Å²) in [5, 5.41) is 3.45. The van der Waals surface area contributed by atoms with Crippen LogP contribution >= 0.6 is 0 Å². The van der Waals surface area contributed by atoms with Gasteiger partial charge in [-0.3, -0.25) is 4.98 Å². The Labute approximate surface area is 96.2 Å². The maximum atomic E-state index is 5.73. The molecule has 4 nitrogen and oxygen atoms in total. The Kier molecular flexibility index (Phi) is 3.88. The molecule has 1 saturated heterocycles. The first-order chi connectivity index (χ1) is 7.85. The molecule has 88 valence electrons. The van der Waals surface area contributed by atoms with Crippen molar-refractivity contribution in [3.63, 3.8) is 0 Å². The van der Waals surface area contributed by atoms with Gasteiger partial charge in [0.15, 0.2) is 0 Å². The van der Waals surface area contributed by atoms with Crippen LogP contribution in [0.15, 0.2) is 24.5 Å². The molecule has 0 saturated carbocycles. The predicted molar refractivity (Wildman–Crippen MR) is 63.1 cm³/mol. The Balaban J connectivity index is 1.65. The molecule has 1 aromatic rings. The van der Waals surface area contributed by atoms with Gasteiger partial charge in [0.1, 0.15) is 0 Å². The number of nitrogens with zero attached hydrogens (tertiary/aromatic N) is 1. The van der Waals surface area contributed by atoms with E-state index in [-0.39, 0.29) is 5.41 Å². The van der Waals surface area contributed by atoms with E-state index in [1.165, 1.54) is 5.56 Å². The average molecular weight is 221 g/mol. The monoisotopic (exact) mass is 221 g/mol. The van der Waals surface area contributed by atoms with Gasteiger partial charge in [0, 0.05) is 30.9 Å². The highest BCUT2D eigenvalue weighted by molar-refractivity contribution is 5.09. The van der Waals surface area contributed by atoms with E-state index < -0.39 is 0 Å². The summed E-state index contributed by atoms with van der Waals surface area (Å²) >= 11 is 0. The molecular weight excluding hydrogens is 202 g/mol. The number of nitrogens with one attached hydrogen (secondary N) is 1. The van der Waals surface area contributed by atoms with Crippen molar-refractivity contribution in [3.8, 4) is 0 Å². The molecule has 0 amide bonds. The fourth-order valence-corrected chi connectivity index (χ4v) is 1.82. The lowest BCUT2D eigenvalue weighted by atomic mass is 9.86. The number of rotatable bonds is 6. The molecule has 0 atom stereocenters. The molecule has 0 radical (unpaired) electrons. The number of hydrogen-bond donors (Lipinski definition) is 2. The van der Waals surface area contributed by atoms with Crippen molar-refractivity contribution in [1.82, 2.24) is 10.3 Å². The highest BCUT2D eigenvalue weighted by atomic mass is 16.5. The van der Waals surface area contributed by atoms with E-state index in [1.807, 2.05) is 24.5 Å². The standard InChI is InChI=1S/C12H19N3O/c13-7-12(9-16-10-12)8-15-6-3-11-1-4-14-5-2-11/h1-2,4-5,15H,3,6-10,13H2. The second kappa shape index (κ2) is 5.39. The highest BCUT2D eigenvalue weighted by Gasteiger charge is 2.36. The zero-order chi connectivity index (χ0) is 11.3. The van der Waals surface area contributed by atoms with Crippen molar-refractivity contribution >= 4 is 0 Å². The second-order valence-corrected chi connectivity index (χ2v) is 4.48. The zero-order valence-electron chi connectivity index (χ0n) is 9.48. The number of nitrogens with two attached hydrogens (primary N) is 1. The Hall–Kier alpha value is -0.970. The maximum absolute atomic E-state index is 5.73. The highest BCUT2D eigenvalue weighted by Crippen LogP contribution is 2.24. The fraction of sp³-hybridized carbons (Fsp3) is 0.583. The van der Waals surface area contributed by atoms with Gasteiger partial charge in [0.2, 0.25) is 0 Å². The van der Waals surface area contributed by atoms with Gasteiger partial charge in [0.25, 0.3) is 0 Å². The van der Waals surface area contributed by atoms with Crippen LogP contribution in [0.4, 0.5) is 0 Å². The SMILES string of the molecule is NCC1(CNCCc2ccncc2)COC1. The van der Waals surface area contributed by atoms with Crippen LogP contribution in [0.2, 0.25) is 0 Å². The van der Waals surface area contributed by atoms with E-state index in [4.69, 9.17) is 10.5 Å². The molecule has 0 aliphatic carbocycles. The summed E-state index contributed by atoms with van der Waals surface area (Å²) in [6, 6.07) is 4.10. The van der Waals surface area contributed by atoms with Gasteiger partial charge in [-0.1, -0.05) is 0 Å². The number of aromatic nitrogens is 1. The molecule has 2 heterocycles. The van der Waals surface area contributed by atoms with Crippen LogP contribution in [0.3, 0.4) is 0 Å². The van der Waals surface area contributed by atoms with Gasteiger partial charge in [0.05, 0.1) is 13.2 Å². The van der Waals surface area contributed by atoms with Crippen LogP contribution < -0.4 is 11.1 Å². The van der Waals surface area contributed by atoms with Crippen molar-refractivity contribution in [2.45, 2.75) is 6.42 Å². The Morgan fingerprint density at radius 1 is 1.38 bits per heavy atom. The number of hydrogen-bond acceptors (Lipinski definition) is 4. The van der Waals surface area contributed by atoms with E-state index in [1.54, 1.807) is 0 Å². The minimum Gasteiger partial charge on any atom is -0.380 e. The summed E-state index contributed by atoms with van der Waals surface area (Å²) in [5.74, 6) is 0. The minimum atomic E-state index is 0.193. The molecule has 1 aliphatic heterocycles. The van der Waals surface area contributed by atoms with E-state index in [0.29, 0.717) is 6.54 Å². The molecule has 2 rings (SSSR count). The Bertz CT molecular complexity index is 306. The molecule has 3 N–H and O–H groups in total. The van der Waals surface area contributed by atoms with Gasteiger partial charge < -0.3 is 15.8 Å². The number of ether oxygens (including phenoxy) is 1. The summed E-state index contributed by atoms with van der Waals surface area (Å²) in [6.07, 6.45) is 4.69. The molecular formula is C12H19N3O. The molecule has 1 aliphatic rings. The summed E-state index contributed by atoms with van der Waals surface area (Å²) < 4.78 is 5.22. The zero-order valence-corrected chi connectivity index (χ0v) is 9.48. The van der Waals surface area contributed by atoms with Crippen LogP contribution in [0.5, 0.6) is 0 Å². The van der Waals surface area contributed by atoms with Gasteiger partial charge in [-0.2, -0.15) is 0 Å². The normalized spacial score (nSPS) is 18.1. The van der Waals surface area contributed by atoms with Crippen LogP contribution in [-0.4, -0.2) is 37.8 Å². The third-order valence-corrected chi connectivity index (χ3v) is 3.09. The van der Waals surface area contributed by atoms with Crippen molar-refractivity contribution in [1.29, 1.82) is 0 Å². The summed E-state index contributed by atoms with van der Waals surface area (Å²) in [4.78, 5) is 4.00. The first kappa shape index (κ1) is 11.5. The molecule has 16 heavy (non-hydrogen) atoms. The molecule has 1 fully saturated rings. The molecule has 0 spiro atoms. The predicted octanol–water partition coefficient (Wildman–Crippen LogP) is 0.189. The molecule has 0 unspecified atom stereocenters. The van der Waals surface area contributed by atoms with Crippen molar-refractivity contribution in [2.24, 2.45) is 11.1 Å².